The van der Waals surface area contributed by atoms with Crippen molar-refractivity contribution in [1.82, 2.24) is 4.98 Å². The van der Waals surface area contributed by atoms with Crippen molar-refractivity contribution in [2.75, 3.05) is 5.32 Å². The smallest absolute Gasteiger partial charge is 0.257 e. The molecule has 1 aromatic heterocycles. The van der Waals surface area contributed by atoms with Crippen molar-refractivity contribution in [2.45, 2.75) is 6.92 Å². The zero-order valence-corrected chi connectivity index (χ0v) is 10.9. The van der Waals surface area contributed by atoms with E-state index in [1.165, 1.54) is 11.3 Å². The molecule has 0 unspecified atom stereocenters. The van der Waals surface area contributed by atoms with Crippen LogP contribution in [-0.4, -0.2) is 10.9 Å². The monoisotopic (exact) mass is 296 g/mol. The van der Waals surface area contributed by atoms with Crippen molar-refractivity contribution in [3.63, 3.8) is 0 Å². The van der Waals surface area contributed by atoms with Gasteiger partial charge in [-0.3, -0.25) is 10.1 Å². The summed E-state index contributed by atoms with van der Waals surface area (Å²) in [6.45, 7) is 1.95. The van der Waals surface area contributed by atoms with Gasteiger partial charge in [0.2, 0.25) is 0 Å². The number of amides is 1. The van der Waals surface area contributed by atoms with E-state index in [4.69, 9.17) is 0 Å². The average Bonchev–Trinajstić information content (AvgIpc) is 2.74. The Kier molecular flexibility index (Phi) is 3.36. The first-order chi connectivity index (χ1) is 7.66. The van der Waals surface area contributed by atoms with Gasteiger partial charge in [0.25, 0.3) is 5.91 Å². The summed E-state index contributed by atoms with van der Waals surface area (Å²) in [5.41, 5.74) is 1.67. The second kappa shape index (κ2) is 4.76. The molecule has 1 aromatic carbocycles. The predicted molar refractivity (Wildman–Crippen MR) is 68.9 cm³/mol. The fourth-order valence-electron chi connectivity index (χ4n) is 1.24. The van der Waals surface area contributed by atoms with E-state index in [2.05, 4.69) is 26.2 Å². The third-order valence-corrected chi connectivity index (χ3v) is 3.65. The Morgan fingerprint density at radius 3 is 2.94 bits per heavy atom. The highest BCUT2D eigenvalue weighted by molar-refractivity contribution is 9.10. The molecule has 0 aliphatic rings. The number of hydrogen-bond acceptors (Lipinski definition) is 3. The van der Waals surface area contributed by atoms with Gasteiger partial charge in [0, 0.05) is 21.6 Å². The Morgan fingerprint density at radius 2 is 2.31 bits per heavy atom. The number of aromatic nitrogens is 1. The van der Waals surface area contributed by atoms with Crippen LogP contribution >= 0.6 is 27.3 Å². The van der Waals surface area contributed by atoms with Crippen molar-refractivity contribution in [3.8, 4) is 0 Å². The molecule has 2 rings (SSSR count). The maximum absolute atomic E-state index is 11.8. The maximum Gasteiger partial charge on any atom is 0.257 e. The average molecular weight is 297 g/mol. The van der Waals surface area contributed by atoms with Gasteiger partial charge in [-0.15, -0.1) is 11.3 Å². The number of carbonyl (C=O) groups excluding carboxylic acids is 1. The molecule has 0 fully saturated rings. The molecule has 5 heteroatoms. The summed E-state index contributed by atoms with van der Waals surface area (Å²) in [6.07, 6.45) is 1.66. The van der Waals surface area contributed by atoms with Crippen LogP contribution in [0.4, 0.5) is 5.13 Å². The number of anilines is 1. The normalized spacial score (nSPS) is 10.1. The molecule has 1 amide bonds. The Morgan fingerprint density at radius 1 is 1.50 bits per heavy atom. The second-order valence-corrected chi connectivity index (χ2v) is 5.00. The van der Waals surface area contributed by atoms with Gasteiger partial charge >= 0.3 is 0 Å². The molecule has 0 spiro atoms. The number of thiazole rings is 1. The van der Waals surface area contributed by atoms with Crippen LogP contribution in [0.3, 0.4) is 0 Å². The van der Waals surface area contributed by atoms with Gasteiger partial charge in [-0.1, -0.05) is 15.9 Å². The molecule has 1 heterocycles. The summed E-state index contributed by atoms with van der Waals surface area (Å²) in [5.74, 6) is -0.134. The highest BCUT2D eigenvalue weighted by Crippen LogP contribution is 2.18. The summed E-state index contributed by atoms with van der Waals surface area (Å²) >= 11 is 4.80. The van der Waals surface area contributed by atoms with Crippen molar-refractivity contribution < 1.29 is 4.79 Å². The first-order valence-corrected chi connectivity index (χ1v) is 6.31. The molecule has 1 N–H and O–H groups in total. The van der Waals surface area contributed by atoms with Gasteiger partial charge in [0.15, 0.2) is 5.13 Å². The molecule has 16 heavy (non-hydrogen) atoms. The van der Waals surface area contributed by atoms with Crippen molar-refractivity contribution in [3.05, 3.63) is 45.4 Å². The van der Waals surface area contributed by atoms with E-state index in [-0.39, 0.29) is 5.91 Å². The number of aryl methyl sites for hydroxylation is 1. The third-order valence-electron chi connectivity index (χ3n) is 2.07. The van der Waals surface area contributed by atoms with E-state index in [1.54, 1.807) is 12.3 Å². The molecule has 0 atom stereocenters. The van der Waals surface area contributed by atoms with Crippen LogP contribution in [-0.2, 0) is 0 Å². The first-order valence-electron chi connectivity index (χ1n) is 4.64. The Bertz CT molecular complexity index is 511. The number of nitrogens with one attached hydrogen (secondary N) is 1. The van der Waals surface area contributed by atoms with Crippen molar-refractivity contribution >= 4 is 38.3 Å². The van der Waals surface area contributed by atoms with Crippen molar-refractivity contribution in [2.24, 2.45) is 0 Å². The van der Waals surface area contributed by atoms with Crippen LogP contribution in [0.5, 0.6) is 0 Å². The van der Waals surface area contributed by atoms with Gasteiger partial charge in [-0.25, -0.2) is 4.98 Å². The lowest BCUT2D eigenvalue weighted by molar-refractivity contribution is 0.102. The molecule has 0 aliphatic heterocycles. The van der Waals surface area contributed by atoms with E-state index < -0.39 is 0 Å². The molecule has 0 aliphatic carbocycles. The highest BCUT2D eigenvalue weighted by atomic mass is 79.9. The largest absolute Gasteiger partial charge is 0.298 e. The van der Waals surface area contributed by atoms with Gasteiger partial charge in [0.1, 0.15) is 0 Å². The SMILES string of the molecule is Cc1cc(C(=O)Nc2nccs2)ccc1Br. The minimum absolute atomic E-state index is 0.134. The van der Waals surface area contributed by atoms with Crippen molar-refractivity contribution in [1.29, 1.82) is 0 Å². The predicted octanol–water partition coefficient (Wildman–Crippen LogP) is 3.47. The molecule has 2 aromatic rings. The molecule has 0 radical (unpaired) electrons. The molecule has 3 nitrogen and oxygen atoms in total. The van der Waals surface area contributed by atoms with E-state index in [9.17, 15) is 4.79 Å². The lowest BCUT2D eigenvalue weighted by Gasteiger charge is -2.03. The van der Waals surface area contributed by atoms with Crippen LogP contribution < -0.4 is 5.32 Å². The van der Waals surface area contributed by atoms with E-state index in [0.717, 1.165) is 10.0 Å². The Hall–Kier alpha value is -1.20. The topological polar surface area (TPSA) is 42.0 Å². The lowest BCUT2D eigenvalue weighted by Crippen LogP contribution is -2.11. The summed E-state index contributed by atoms with van der Waals surface area (Å²) in [4.78, 5) is 15.8. The maximum atomic E-state index is 11.8. The quantitative estimate of drug-likeness (QED) is 0.922. The van der Waals surface area contributed by atoms with E-state index in [1.807, 2.05) is 24.4 Å². The molecule has 82 valence electrons. The fourth-order valence-corrected chi connectivity index (χ4v) is 2.01. The van der Waals surface area contributed by atoms with Crippen LogP contribution in [0.1, 0.15) is 15.9 Å². The molecule has 0 saturated carbocycles. The number of rotatable bonds is 2. The van der Waals surface area contributed by atoms with Crippen LogP contribution in [0, 0.1) is 6.92 Å². The first kappa shape index (κ1) is 11.3. The molecular weight excluding hydrogens is 288 g/mol. The summed E-state index contributed by atoms with van der Waals surface area (Å²) < 4.78 is 0.998. The molecule has 0 bridgehead atoms. The van der Waals surface area contributed by atoms with Crippen LogP contribution in [0.2, 0.25) is 0 Å². The van der Waals surface area contributed by atoms with Crippen LogP contribution in [0.25, 0.3) is 0 Å². The summed E-state index contributed by atoms with van der Waals surface area (Å²) in [6, 6.07) is 5.49. The van der Waals surface area contributed by atoms with Crippen LogP contribution in [0.15, 0.2) is 34.2 Å². The molecule has 0 saturated heterocycles. The van der Waals surface area contributed by atoms with Gasteiger partial charge in [0.05, 0.1) is 0 Å². The Labute approximate surface area is 106 Å². The number of nitrogens with zero attached hydrogens (tertiary/aromatic N) is 1. The Balaban J connectivity index is 2.18. The number of benzene rings is 1. The minimum Gasteiger partial charge on any atom is -0.298 e. The minimum atomic E-state index is -0.134. The standard InChI is InChI=1S/C11H9BrN2OS/c1-7-6-8(2-3-9(7)12)10(15)14-11-13-4-5-16-11/h2-6H,1H3,(H,13,14,15). The van der Waals surface area contributed by atoms with Gasteiger partial charge < -0.3 is 0 Å². The summed E-state index contributed by atoms with van der Waals surface area (Å²) in [7, 11) is 0. The van der Waals surface area contributed by atoms with Gasteiger partial charge in [-0.05, 0) is 30.7 Å². The molecular formula is C11H9BrN2OS. The zero-order valence-electron chi connectivity index (χ0n) is 8.53. The summed E-state index contributed by atoms with van der Waals surface area (Å²) in [5, 5.41) is 5.18. The third kappa shape index (κ3) is 2.48. The zero-order chi connectivity index (χ0) is 11.5. The van der Waals surface area contributed by atoms with Gasteiger partial charge in [-0.2, -0.15) is 0 Å². The lowest BCUT2D eigenvalue weighted by atomic mass is 10.1. The number of halogens is 1. The number of carbonyl (C=O) groups is 1. The number of hydrogen-bond donors (Lipinski definition) is 1. The van der Waals surface area contributed by atoms with E-state index in [0.29, 0.717) is 10.7 Å². The van der Waals surface area contributed by atoms with E-state index >= 15 is 0 Å². The fraction of sp³-hybridized carbons (Fsp3) is 0.0909. The highest BCUT2D eigenvalue weighted by Gasteiger charge is 2.08. The second-order valence-electron chi connectivity index (χ2n) is 3.26.